The summed E-state index contributed by atoms with van der Waals surface area (Å²) in [6.45, 7) is 4.11. The highest BCUT2D eigenvalue weighted by atomic mass is 35.5. The molecule has 0 aliphatic heterocycles. The zero-order chi connectivity index (χ0) is 25.2. The minimum atomic E-state index is -0.720. The number of hydrogen-bond donors (Lipinski definition) is 1. The zero-order valence-electron chi connectivity index (χ0n) is 19.9. The van der Waals surface area contributed by atoms with Crippen molar-refractivity contribution in [2.24, 2.45) is 0 Å². The van der Waals surface area contributed by atoms with E-state index in [9.17, 15) is 9.59 Å². The van der Waals surface area contributed by atoms with Crippen molar-refractivity contribution >= 4 is 46.8 Å². The van der Waals surface area contributed by atoms with E-state index < -0.39 is 6.04 Å². The van der Waals surface area contributed by atoms with E-state index in [1.165, 1.54) is 11.8 Å². The molecule has 0 spiro atoms. The number of amides is 2. The zero-order valence-corrected chi connectivity index (χ0v) is 22.2. The first kappa shape index (κ1) is 27.1. The maximum atomic E-state index is 13.7. The lowest BCUT2D eigenvalue weighted by atomic mass is 10.0. The van der Waals surface area contributed by atoms with Crippen LogP contribution in [0.4, 0.5) is 0 Å². The Balaban J connectivity index is 1.96. The predicted octanol–water partition coefficient (Wildman–Crippen LogP) is 6.64. The van der Waals surface area contributed by atoms with Gasteiger partial charge in [-0.1, -0.05) is 84.7 Å². The molecule has 3 rings (SSSR count). The molecule has 0 saturated carbocycles. The lowest BCUT2D eigenvalue weighted by Crippen LogP contribution is -2.52. The summed E-state index contributed by atoms with van der Waals surface area (Å²) in [6, 6.07) is 24.0. The third-order valence-electron chi connectivity index (χ3n) is 5.77. The molecule has 0 radical (unpaired) electrons. The Hall–Kier alpha value is -2.47. The summed E-state index contributed by atoms with van der Waals surface area (Å²) in [5, 5.41) is 4.00. The van der Waals surface area contributed by atoms with Crippen molar-refractivity contribution in [3.63, 3.8) is 0 Å². The van der Waals surface area contributed by atoms with E-state index in [1.54, 1.807) is 23.1 Å². The van der Waals surface area contributed by atoms with Crippen LogP contribution in [0.15, 0.2) is 83.8 Å². The molecule has 7 heteroatoms. The fourth-order valence-electron chi connectivity index (χ4n) is 3.59. The van der Waals surface area contributed by atoms with E-state index in [2.05, 4.69) is 5.32 Å². The monoisotopic (exact) mass is 528 g/mol. The Morgan fingerprint density at radius 3 is 2.11 bits per heavy atom. The predicted molar refractivity (Wildman–Crippen MR) is 146 cm³/mol. The smallest absolute Gasteiger partial charge is 0.243 e. The summed E-state index contributed by atoms with van der Waals surface area (Å²) in [4.78, 5) is 29.8. The van der Waals surface area contributed by atoms with Crippen LogP contribution < -0.4 is 5.32 Å². The number of carbonyl (C=O) groups is 2. The Kier molecular flexibility index (Phi) is 10.5. The van der Waals surface area contributed by atoms with Crippen LogP contribution in [-0.2, 0) is 22.6 Å². The number of rotatable bonds is 11. The molecule has 0 bridgehead atoms. The van der Waals surface area contributed by atoms with Crippen LogP contribution in [0.2, 0.25) is 10.0 Å². The lowest BCUT2D eigenvalue weighted by molar-refractivity contribution is -0.139. The van der Waals surface area contributed by atoms with Crippen molar-refractivity contribution in [1.29, 1.82) is 0 Å². The quantitative estimate of drug-likeness (QED) is 0.283. The van der Waals surface area contributed by atoms with E-state index in [0.29, 0.717) is 22.0 Å². The molecular weight excluding hydrogens is 499 g/mol. The number of hydrogen-bond acceptors (Lipinski definition) is 3. The molecule has 0 aliphatic carbocycles. The molecule has 3 aromatic carbocycles. The second-order valence-electron chi connectivity index (χ2n) is 8.35. The van der Waals surface area contributed by atoms with E-state index in [-0.39, 0.29) is 30.2 Å². The average Bonchev–Trinajstić information content (AvgIpc) is 2.87. The van der Waals surface area contributed by atoms with Crippen molar-refractivity contribution in [1.82, 2.24) is 10.2 Å². The van der Waals surface area contributed by atoms with Crippen molar-refractivity contribution < 1.29 is 9.59 Å². The van der Waals surface area contributed by atoms with E-state index in [4.69, 9.17) is 23.2 Å². The minimum absolute atomic E-state index is 0.0136. The summed E-state index contributed by atoms with van der Waals surface area (Å²) in [7, 11) is 0. The molecule has 3 aromatic rings. The van der Waals surface area contributed by atoms with Crippen LogP contribution >= 0.6 is 35.0 Å². The summed E-state index contributed by atoms with van der Waals surface area (Å²) in [5.41, 5.74) is 1.60. The minimum Gasteiger partial charge on any atom is -0.352 e. The fraction of sp³-hybridized carbons (Fsp3) is 0.286. The molecule has 0 aliphatic rings. The van der Waals surface area contributed by atoms with Crippen molar-refractivity contribution in [3.8, 4) is 0 Å². The van der Waals surface area contributed by atoms with Gasteiger partial charge in [-0.15, -0.1) is 11.8 Å². The summed E-state index contributed by atoms with van der Waals surface area (Å²) >= 11 is 14.4. The van der Waals surface area contributed by atoms with Gasteiger partial charge in [0.2, 0.25) is 11.8 Å². The van der Waals surface area contributed by atoms with Gasteiger partial charge < -0.3 is 10.2 Å². The van der Waals surface area contributed by atoms with Crippen molar-refractivity contribution in [2.45, 2.75) is 50.2 Å². The lowest BCUT2D eigenvalue weighted by Gasteiger charge is -2.32. The number of nitrogens with one attached hydrogen (secondary N) is 1. The first-order valence-electron chi connectivity index (χ1n) is 11.6. The molecule has 2 atom stereocenters. The molecule has 0 saturated heterocycles. The average molecular weight is 530 g/mol. The highest BCUT2D eigenvalue weighted by Crippen LogP contribution is 2.28. The van der Waals surface area contributed by atoms with Crippen molar-refractivity contribution in [3.05, 3.63) is 100 Å². The Morgan fingerprint density at radius 1 is 0.914 bits per heavy atom. The van der Waals surface area contributed by atoms with Crippen LogP contribution in [0.5, 0.6) is 0 Å². The fourth-order valence-corrected chi connectivity index (χ4v) is 4.92. The normalized spacial score (nSPS) is 12.6. The molecule has 35 heavy (non-hydrogen) atoms. The standard InChI is InChI=1S/C28H30Cl2N2O2S/c1-3-20(2)31-28(34)26(17-21-11-6-4-7-12-21)32(18-23-24(29)15-10-16-25(23)30)27(33)19-35-22-13-8-5-9-14-22/h4-16,20,26H,3,17-19H2,1-2H3,(H,31,34). The van der Waals surface area contributed by atoms with Gasteiger partial charge in [0.05, 0.1) is 5.75 Å². The van der Waals surface area contributed by atoms with Crippen molar-refractivity contribution in [2.75, 3.05) is 5.75 Å². The topological polar surface area (TPSA) is 49.4 Å². The van der Waals surface area contributed by atoms with Gasteiger partial charge in [0.15, 0.2) is 0 Å². The molecule has 184 valence electrons. The largest absolute Gasteiger partial charge is 0.352 e. The first-order chi connectivity index (χ1) is 16.9. The van der Waals surface area contributed by atoms with E-state index >= 15 is 0 Å². The molecule has 0 aromatic heterocycles. The van der Waals surface area contributed by atoms with E-state index in [1.807, 2.05) is 74.5 Å². The number of carbonyl (C=O) groups excluding carboxylic acids is 2. The third kappa shape index (κ3) is 8.03. The molecule has 2 unspecified atom stereocenters. The van der Waals surface area contributed by atoms with Crippen LogP contribution in [0.25, 0.3) is 0 Å². The van der Waals surface area contributed by atoms with Crippen LogP contribution in [0.1, 0.15) is 31.4 Å². The van der Waals surface area contributed by atoms with Gasteiger partial charge in [0.25, 0.3) is 0 Å². The molecule has 4 nitrogen and oxygen atoms in total. The molecule has 1 N–H and O–H groups in total. The van der Waals surface area contributed by atoms with Gasteiger partial charge in [-0.05, 0) is 43.2 Å². The summed E-state index contributed by atoms with van der Waals surface area (Å²) < 4.78 is 0. The highest BCUT2D eigenvalue weighted by Gasteiger charge is 2.31. The van der Waals surface area contributed by atoms with Crippen LogP contribution in [-0.4, -0.2) is 34.6 Å². The van der Waals surface area contributed by atoms with Crippen LogP contribution in [0, 0.1) is 0 Å². The number of thioether (sulfide) groups is 1. The van der Waals surface area contributed by atoms with Crippen LogP contribution in [0.3, 0.4) is 0 Å². The third-order valence-corrected chi connectivity index (χ3v) is 7.47. The SMILES string of the molecule is CCC(C)NC(=O)C(Cc1ccccc1)N(Cc1c(Cl)cccc1Cl)C(=O)CSc1ccccc1. The molecule has 0 heterocycles. The Bertz CT molecular complexity index is 1090. The summed E-state index contributed by atoms with van der Waals surface area (Å²) in [6.07, 6.45) is 1.17. The number of nitrogens with zero attached hydrogens (tertiary/aromatic N) is 1. The maximum absolute atomic E-state index is 13.7. The first-order valence-corrected chi connectivity index (χ1v) is 13.4. The molecule has 2 amide bonds. The second kappa shape index (κ2) is 13.6. The van der Waals surface area contributed by atoms with Gasteiger partial charge in [-0.3, -0.25) is 9.59 Å². The van der Waals surface area contributed by atoms with Gasteiger partial charge in [-0.25, -0.2) is 0 Å². The molecule has 0 fully saturated rings. The highest BCUT2D eigenvalue weighted by molar-refractivity contribution is 8.00. The maximum Gasteiger partial charge on any atom is 0.243 e. The number of benzene rings is 3. The van der Waals surface area contributed by atoms with Gasteiger partial charge >= 0.3 is 0 Å². The van der Waals surface area contributed by atoms with Gasteiger partial charge in [0, 0.05) is 39.5 Å². The molecular formula is C28H30Cl2N2O2S. The Morgan fingerprint density at radius 2 is 1.51 bits per heavy atom. The number of halogens is 2. The van der Waals surface area contributed by atoms with E-state index in [0.717, 1.165) is 16.9 Å². The summed E-state index contributed by atoms with van der Waals surface area (Å²) in [5.74, 6) is -0.159. The van der Waals surface area contributed by atoms with Gasteiger partial charge in [0.1, 0.15) is 6.04 Å². The van der Waals surface area contributed by atoms with Gasteiger partial charge in [-0.2, -0.15) is 0 Å². The Labute approximate surface area is 222 Å². The second-order valence-corrected chi connectivity index (χ2v) is 10.2.